The highest BCUT2D eigenvalue weighted by molar-refractivity contribution is 5.84. The first-order chi connectivity index (χ1) is 13.8. The van der Waals surface area contributed by atoms with Crippen LogP contribution in [0.2, 0.25) is 0 Å². The Hall–Kier alpha value is -2.61. The average molecular weight is 415 g/mol. The summed E-state index contributed by atoms with van der Waals surface area (Å²) in [6, 6.07) is -2.45. The Labute approximate surface area is 167 Å². The lowest BCUT2D eigenvalue weighted by molar-refractivity contribution is -0.141. The van der Waals surface area contributed by atoms with Gasteiger partial charge in [0.1, 0.15) is 6.04 Å². The highest BCUT2D eigenvalue weighted by Crippen LogP contribution is 2.17. The fourth-order valence-corrected chi connectivity index (χ4v) is 2.49. The Bertz CT molecular complexity index is 664. The van der Waals surface area contributed by atoms with E-state index in [1.165, 1.54) is 0 Å². The van der Waals surface area contributed by atoms with E-state index in [0.29, 0.717) is 19.4 Å². The van der Waals surface area contributed by atoms with Gasteiger partial charge in [-0.25, -0.2) is 4.79 Å². The smallest absolute Gasteiger partial charge is 0.326 e. The van der Waals surface area contributed by atoms with E-state index in [-0.39, 0.29) is 37.7 Å². The highest BCUT2D eigenvalue weighted by atomic mass is 16.5. The van der Waals surface area contributed by atoms with Crippen LogP contribution in [-0.2, 0) is 14.4 Å². The first kappa shape index (κ1) is 24.4. The van der Waals surface area contributed by atoms with E-state index in [0.717, 1.165) is 0 Å². The quantitative estimate of drug-likeness (QED) is 0.149. The van der Waals surface area contributed by atoms with Gasteiger partial charge in [0, 0.05) is 0 Å². The van der Waals surface area contributed by atoms with Crippen LogP contribution in [0.3, 0.4) is 0 Å². The molecule has 0 saturated carbocycles. The molecule has 3 atom stereocenters. The van der Waals surface area contributed by atoms with Gasteiger partial charge in [0.05, 0.1) is 31.7 Å². The topological polar surface area (TPSA) is 219 Å². The summed E-state index contributed by atoms with van der Waals surface area (Å²) >= 11 is 0. The molecule has 0 spiro atoms. The molecule has 1 rings (SSSR count). The maximum absolute atomic E-state index is 12.1. The molecule has 13 nitrogen and oxygen atoms in total. The van der Waals surface area contributed by atoms with Gasteiger partial charge in [-0.2, -0.15) is 4.98 Å². The van der Waals surface area contributed by atoms with Crippen molar-refractivity contribution in [2.75, 3.05) is 26.7 Å². The summed E-state index contributed by atoms with van der Waals surface area (Å²) in [4.78, 5) is 38.9. The Morgan fingerprint density at radius 2 is 1.97 bits per heavy atom. The van der Waals surface area contributed by atoms with E-state index >= 15 is 0 Å². The van der Waals surface area contributed by atoms with E-state index in [2.05, 4.69) is 26.1 Å². The minimum absolute atomic E-state index is 0.0121. The summed E-state index contributed by atoms with van der Waals surface area (Å²) in [6.45, 7) is -0.133. The predicted molar refractivity (Wildman–Crippen MR) is 100 cm³/mol. The van der Waals surface area contributed by atoms with Crippen molar-refractivity contribution in [2.24, 2.45) is 11.5 Å². The minimum Gasteiger partial charge on any atom is -0.480 e. The van der Waals surface area contributed by atoms with Crippen LogP contribution in [0.5, 0.6) is 0 Å². The molecule has 0 fully saturated rings. The second kappa shape index (κ2) is 12.8. The van der Waals surface area contributed by atoms with Crippen LogP contribution in [-0.4, -0.2) is 70.9 Å². The molecule has 29 heavy (non-hydrogen) atoms. The van der Waals surface area contributed by atoms with Crippen LogP contribution in [0.4, 0.5) is 0 Å². The van der Waals surface area contributed by atoms with Gasteiger partial charge in [-0.15, -0.1) is 0 Å². The standard InChI is InChI=1S/C16H29N7O6/c1-19-11(8-24)14-22-15(29-23-14)10(6-12(18)25)20-7-13(26)21-9(16(27)28)4-2-3-5-17/h9-11,19-20,24H,2-8,17H2,1H3,(H2,18,25)(H,21,26)(H,27,28)/t9-,10-,11-/m0/s1. The number of aliphatic hydroxyl groups is 1. The number of carboxylic acids is 1. The molecule has 13 heteroatoms. The normalized spacial score (nSPS) is 14.2. The molecule has 0 aromatic carbocycles. The zero-order valence-corrected chi connectivity index (χ0v) is 16.3. The highest BCUT2D eigenvalue weighted by Gasteiger charge is 2.25. The van der Waals surface area contributed by atoms with E-state index in [4.69, 9.17) is 16.0 Å². The molecule has 164 valence electrons. The lowest BCUT2D eigenvalue weighted by Gasteiger charge is -2.17. The van der Waals surface area contributed by atoms with Crippen LogP contribution in [0.25, 0.3) is 0 Å². The van der Waals surface area contributed by atoms with Crippen molar-refractivity contribution in [3.05, 3.63) is 11.7 Å². The van der Waals surface area contributed by atoms with Crippen molar-refractivity contribution in [3.8, 4) is 0 Å². The third-order valence-electron chi connectivity index (χ3n) is 4.09. The number of hydrogen-bond donors (Lipinski definition) is 7. The molecular formula is C16H29N7O6. The number of aliphatic carboxylic acids is 1. The molecule has 2 amide bonds. The number of carbonyl (C=O) groups is 3. The number of carboxylic acid groups (broad SMARTS) is 1. The maximum Gasteiger partial charge on any atom is 0.326 e. The average Bonchev–Trinajstić information content (AvgIpc) is 3.15. The number of primary amides is 1. The van der Waals surface area contributed by atoms with Crippen LogP contribution in [0.15, 0.2) is 4.52 Å². The molecule has 0 aliphatic carbocycles. The fraction of sp³-hybridized carbons (Fsp3) is 0.688. The number of amides is 2. The first-order valence-electron chi connectivity index (χ1n) is 9.17. The molecule has 0 saturated heterocycles. The minimum atomic E-state index is -1.15. The van der Waals surface area contributed by atoms with Crippen molar-refractivity contribution >= 4 is 17.8 Å². The van der Waals surface area contributed by atoms with Gasteiger partial charge in [-0.1, -0.05) is 5.16 Å². The van der Waals surface area contributed by atoms with Crippen LogP contribution in [0.1, 0.15) is 49.5 Å². The van der Waals surface area contributed by atoms with E-state index < -0.39 is 35.9 Å². The molecule has 0 unspecified atom stereocenters. The number of aromatic nitrogens is 2. The Morgan fingerprint density at radius 3 is 2.52 bits per heavy atom. The number of hydrogen-bond acceptors (Lipinski definition) is 10. The lowest BCUT2D eigenvalue weighted by Crippen LogP contribution is -2.45. The molecule has 1 aromatic heterocycles. The second-order valence-corrected chi connectivity index (χ2v) is 6.36. The third-order valence-corrected chi connectivity index (χ3v) is 4.09. The summed E-state index contributed by atoms with van der Waals surface area (Å²) in [5.41, 5.74) is 10.6. The monoisotopic (exact) mass is 415 g/mol. The van der Waals surface area contributed by atoms with E-state index in [9.17, 15) is 24.6 Å². The third kappa shape index (κ3) is 8.51. The van der Waals surface area contributed by atoms with Crippen molar-refractivity contribution in [2.45, 2.75) is 43.8 Å². The molecule has 0 aliphatic rings. The largest absolute Gasteiger partial charge is 0.480 e. The summed E-state index contributed by atoms with van der Waals surface area (Å²) < 4.78 is 5.11. The van der Waals surface area contributed by atoms with Crippen molar-refractivity contribution in [1.29, 1.82) is 0 Å². The summed E-state index contributed by atoms with van der Waals surface area (Å²) in [5.74, 6) is -2.20. The molecular weight excluding hydrogens is 386 g/mol. The summed E-state index contributed by atoms with van der Waals surface area (Å²) in [6.07, 6.45) is 1.24. The number of likely N-dealkylation sites (N-methyl/N-ethyl adjacent to an activating group) is 1. The molecule has 0 radical (unpaired) electrons. The van der Waals surface area contributed by atoms with Crippen molar-refractivity contribution in [3.63, 3.8) is 0 Å². The maximum atomic E-state index is 12.1. The second-order valence-electron chi connectivity index (χ2n) is 6.36. The molecule has 0 bridgehead atoms. The van der Waals surface area contributed by atoms with Gasteiger partial charge in [-0.3, -0.25) is 14.9 Å². The number of carbonyl (C=O) groups excluding carboxylic acids is 2. The van der Waals surface area contributed by atoms with Gasteiger partial charge in [-0.05, 0) is 32.9 Å². The first-order valence-corrected chi connectivity index (χ1v) is 9.17. The number of nitrogens with zero attached hydrogens (tertiary/aromatic N) is 2. The van der Waals surface area contributed by atoms with Gasteiger partial charge in [0.15, 0.2) is 5.82 Å². The Morgan fingerprint density at radius 1 is 1.24 bits per heavy atom. The number of nitrogens with two attached hydrogens (primary N) is 2. The van der Waals surface area contributed by atoms with Gasteiger partial charge >= 0.3 is 5.97 Å². The predicted octanol–water partition coefficient (Wildman–Crippen LogP) is -2.47. The van der Waals surface area contributed by atoms with Crippen molar-refractivity contribution in [1.82, 2.24) is 26.1 Å². The Kier molecular flexibility index (Phi) is 10.8. The lowest BCUT2D eigenvalue weighted by atomic mass is 10.1. The van der Waals surface area contributed by atoms with Crippen molar-refractivity contribution < 1.29 is 29.1 Å². The van der Waals surface area contributed by atoms with Crippen LogP contribution in [0, 0.1) is 0 Å². The zero-order valence-electron chi connectivity index (χ0n) is 16.3. The van der Waals surface area contributed by atoms with E-state index in [1.807, 2.05) is 0 Å². The number of aliphatic hydroxyl groups excluding tert-OH is 1. The number of rotatable bonds is 15. The number of unbranched alkanes of at least 4 members (excludes halogenated alkanes) is 1. The zero-order chi connectivity index (χ0) is 21.8. The SMILES string of the molecule is CN[C@@H](CO)c1noc([C@H](CC(N)=O)NCC(=O)N[C@@H](CCCCN)C(=O)O)n1. The van der Waals surface area contributed by atoms with Crippen LogP contribution >= 0.6 is 0 Å². The summed E-state index contributed by atoms with van der Waals surface area (Å²) in [5, 5.41) is 30.2. The molecule has 9 N–H and O–H groups in total. The van der Waals surface area contributed by atoms with Crippen LogP contribution < -0.4 is 27.4 Å². The van der Waals surface area contributed by atoms with E-state index in [1.54, 1.807) is 7.05 Å². The van der Waals surface area contributed by atoms with Gasteiger partial charge in [0.25, 0.3) is 0 Å². The molecule has 1 aromatic rings. The molecule has 0 aliphatic heterocycles. The fourth-order valence-electron chi connectivity index (χ4n) is 2.49. The Balaban J connectivity index is 2.72. The summed E-state index contributed by atoms with van der Waals surface area (Å²) in [7, 11) is 1.60. The number of nitrogens with one attached hydrogen (secondary N) is 3. The van der Waals surface area contributed by atoms with Gasteiger partial charge < -0.3 is 36.8 Å². The molecule has 1 heterocycles. The van der Waals surface area contributed by atoms with Gasteiger partial charge in [0.2, 0.25) is 17.7 Å².